The van der Waals surface area contributed by atoms with E-state index in [0.717, 1.165) is 24.8 Å². The highest BCUT2D eigenvalue weighted by atomic mass is 32.2. The van der Waals surface area contributed by atoms with Gasteiger partial charge in [-0.15, -0.1) is 0 Å². The molecule has 0 spiro atoms. The van der Waals surface area contributed by atoms with Gasteiger partial charge in [-0.2, -0.15) is 0 Å². The Kier molecular flexibility index (Phi) is 6.43. The second kappa shape index (κ2) is 7.59. The normalized spacial score (nSPS) is 14.1. The van der Waals surface area contributed by atoms with E-state index in [2.05, 4.69) is 6.92 Å². The number of benzene rings is 1. The molecule has 19 heavy (non-hydrogen) atoms. The molecule has 1 rings (SSSR count). The molecule has 0 bridgehead atoms. The van der Waals surface area contributed by atoms with Crippen LogP contribution in [0.1, 0.15) is 54.6 Å². The minimum absolute atomic E-state index is 0.00191. The molecule has 2 atom stereocenters. The fraction of sp³-hybridized carbons (Fsp3) is 0.562. The Balaban J connectivity index is 2.70. The average Bonchev–Trinajstić information content (AvgIpc) is 2.40. The Morgan fingerprint density at radius 1 is 1.21 bits per heavy atom. The van der Waals surface area contributed by atoms with Crippen molar-refractivity contribution in [3.05, 3.63) is 34.9 Å². The molecule has 1 aromatic carbocycles. The summed E-state index contributed by atoms with van der Waals surface area (Å²) in [5.74, 6) is 0.629. The molecule has 106 valence electrons. The molecule has 1 aromatic rings. The summed E-state index contributed by atoms with van der Waals surface area (Å²) in [7, 11) is -1.06. The minimum Gasteiger partial charge on any atom is -0.293 e. The molecule has 0 aliphatic heterocycles. The molecule has 0 aliphatic rings. The van der Waals surface area contributed by atoms with Crippen molar-refractivity contribution in [2.24, 2.45) is 0 Å². The van der Waals surface area contributed by atoms with Crippen molar-refractivity contribution in [2.75, 3.05) is 5.75 Å². The van der Waals surface area contributed by atoms with Crippen LogP contribution in [0.15, 0.2) is 18.2 Å². The molecule has 0 heterocycles. The van der Waals surface area contributed by atoms with Gasteiger partial charge >= 0.3 is 0 Å². The molecule has 0 aliphatic carbocycles. The Hall–Kier alpha value is -0.960. The van der Waals surface area contributed by atoms with Gasteiger partial charge in [0.15, 0.2) is 5.78 Å². The second-order valence-corrected chi connectivity index (χ2v) is 6.97. The Bertz CT molecular complexity index is 466. The molecule has 0 aromatic heterocycles. The zero-order valence-corrected chi connectivity index (χ0v) is 13.2. The van der Waals surface area contributed by atoms with Crippen LogP contribution in [0.5, 0.6) is 0 Å². The number of carbonyl (C=O) groups is 1. The van der Waals surface area contributed by atoms with Crippen molar-refractivity contribution >= 4 is 16.6 Å². The topological polar surface area (TPSA) is 34.1 Å². The van der Waals surface area contributed by atoms with Crippen LogP contribution in [-0.2, 0) is 10.8 Å². The van der Waals surface area contributed by atoms with Crippen molar-refractivity contribution in [3.8, 4) is 0 Å². The van der Waals surface area contributed by atoms with E-state index in [4.69, 9.17) is 0 Å². The van der Waals surface area contributed by atoms with E-state index in [9.17, 15) is 9.00 Å². The van der Waals surface area contributed by atoms with Crippen LogP contribution in [0.3, 0.4) is 0 Å². The van der Waals surface area contributed by atoms with Gasteiger partial charge in [0.1, 0.15) is 0 Å². The van der Waals surface area contributed by atoms with E-state index >= 15 is 0 Å². The third kappa shape index (κ3) is 4.57. The van der Waals surface area contributed by atoms with Gasteiger partial charge in [0.05, 0.1) is 5.25 Å². The van der Waals surface area contributed by atoms with Gasteiger partial charge in [0.2, 0.25) is 0 Å². The monoisotopic (exact) mass is 280 g/mol. The Labute approximate surface area is 119 Å². The highest BCUT2D eigenvalue weighted by molar-refractivity contribution is 7.86. The van der Waals surface area contributed by atoms with E-state index in [-0.39, 0.29) is 5.78 Å². The first-order chi connectivity index (χ1) is 8.97. The summed E-state index contributed by atoms with van der Waals surface area (Å²) in [5.41, 5.74) is 2.96. The van der Waals surface area contributed by atoms with Crippen LogP contribution in [-0.4, -0.2) is 21.0 Å². The molecular weight excluding hydrogens is 256 g/mol. The first-order valence-electron chi connectivity index (χ1n) is 6.96. The average molecular weight is 280 g/mol. The van der Waals surface area contributed by atoms with Crippen molar-refractivity contribution in [1.82, 2.24) is 0 Å². The second-order valence-electron chi connectivity index (χ2n) is 5.10. The number of hydrogen-bond donors (Lipinski definition) is 0. The van der Waals surface area contributed by atoms with Gasteiger partial charge in [0, 0.05) is 22.1 Å². The number of unbranched alkanes of at least 4 members (excludes halogenated alkanes) is 2. The fourth-order valence-corrected chi connectivity index (χ4v) is 3.14. The standard InChI is InChI=1S/C16H24O2S/c1-5-6-7-10-19(18)14(4)16(17)15-9-8-12(2)13(3)11-15/h8-9,11,14H,5-7,10H2,1-4H3. The zero-order valence-electron chi connectivity index (χ0n) is 12.4. The minimum atomic E-state index is -1.06. The smallest absolute Gasteiger partial charge is 0.178 e. The number of Topliss-reactive ketones (excluding diaryl/α,β-unsaturated/α-hetero) is 1. The number of hydrogen-bond acceptors (Lipinski definition) is 2. The summed E-state index contributed by atoms with van der Waals surface area (Å²) >= 11 is 0. The highest BCUT2D eigenvalue weighted by Gasteiger charge is 2.21. The lowest BCUT2D eigenvalue weighted by Crippen LogP contribution is -2.24. The summed E-state index contributed by atoms with van der Waals surface area (Å²) in [5, 5.41) is -0.404. The summed E-state index contributed by atoms with van der Waals surface area (Å²) < 4.78 is 12.1. The predicted molar refractivity (Wildman–Crippen MR) is 82.2 cm³/mol. The van der Waals surface area contributed by atoms with Crippen LogP contribution < -0.4 is 0 Å². The maximum Gasteiger partial charge on any atom is 0.178 e. The molecule has 0 saturated carbocycles. The van der Waals surface area contributed by atoms with Gasteiger partial charge < -0.3 is 0 Å². The summed E-state index contributed by atoms with van der Waals surface area (Å²) in [4.78, 5) is 12.3. The first-order valence-corrected chi connectivity index (χ1v) is 8.34. The van der Waals surface area contributed by atoms with Crippen molar-refractivity contribution < 1.29 is 9.00 Å². The molecule has 3 heteroatoms. The number of ketones is 1. The zero-order chi connectivity index (χ0) is 14.4. The molecule has 0 radical (unpaired) electrons. The van der Waals surface area contributed by atoms with Gasteiger partial charge in [-0.25, -0.2) is 0 Å². The summed E-state index contributed by atoms with van der Waals surface area (Å²) in [6.07, 6.45) is 3.13. The van der Waals surface area contributed by atoms with Crippen molar-refractivity contribution in [1.29, 1.82) is 0 Å². The van der Waals surface area contributed by atoms with E-state index < -0.39 is 16.0 Å². The lowest BCUT2D eigenvalue weighted by atomic mass is 10.0. The summed E-state index contributed by atoms with van der Waals surface area (Å²) in [6, 6.07) is 5.69. The van der Waals surface area contributed by atoms with Crippen LogP contribution in [0.2, 0.25) is 0 Å². The first kappa shape index (κ1) is 16.1. The van der Waals surface area contributed by atoms with E-state index in [1.807, 2.05) is 32.0 Å². The van der Waals surface area contributed by atoms with Crippen LogP contribution in [0.25, 0.3) is 0 Å². The van der Waals surface area contributed by atoms with E-state index in [1.54, 1.807) is 6.92 Å². The quantitative estimate of drug-likeness (QED) is 0.562. The van der Waals surface area contributed by atoms with E-state index in [1.165, 1.54) is 5.56 Å². The maximum atomic E-state index is 12.3. The number of aryl methyl sites for hydroxylation is 2. The van der Waals surface area contributed by atoms with Gasteiger partial charge in [0.25, 0.3) is 0 Å². The molecule has 0 amide bonds. The number of rotatable bonds is 7. The maximum absolute atomic E-state index is 12.3. The SMILES string of the molecule is CCCCCS(=O)C(C)C(=O)c1ccc(C)c(C)c1. The predicted octanol–water partition coefficient (Wildman–Crippen LogP) is 3.81. The highest BCUT2D eigenvalue weighted by Crippen LogP contribution is 2.14. The van der Waals surface area contributed by atoms with Crippen LogP contribution in [0.4, 0.5) is 0 Å². The van der Waals surface area contributed by atoms with Gasteiger partial charge in [-0.3, -0.25) is 9.00 Å². The Morgan fingerprint density at radius 2 is 1.89 bits per heavy atom. The molecule has 2 nitrogen and oxygen atoms in total. The lowest BCUT2D eigenvalue weighted by molar-refractivity contribution is 0.0992. The number of carbonyl (C=O) groups excluding carboxylic acids is 1. The molecule has 2 unspecified atom stereocenters. The van der Waals surface area contributed by atoms with Crippen LogP contribution >= 0.6 is 0 Å². The lowest BCUT2D eigenvalue weighted by Gasteiger charge is -2.11. The van der Waals surface area contributed by atoms with Gasteiger partial charge in [-0.05, 0) is 44.4 Å². The van der Waals surface area contributed by atoms with Gasteiger partial charge in [-0.1, -0.05) is 31.9 Å². The molecule has 0 N–H and O–H groups in total. The Morgan fingerprint density at radius 3 is 2.47 bits per heavy atom. The van der Waals surface area contributed by atoms with Crippen LogP contribution in [0, 0.1) is 13.8 Å². The largest absolute Gasteiger partial charge is 0.293 e. The molecular formula is C16H24O2S. The fourth-order valence-electron chi connectivity index (χ4n) is 1.92. The van der Waals surface area contributed by atoms with Crippen molar-refractivity contribution in [2.45, 2.75) is 52.2 Å². The molecule has 0 fully saturated rings. The molecule has 0 saturated heterocycles. The van der Waals surface area contributed by atoms with Crippen molar-refractivity contribution in [3.63, 3.8) is 0 Å². The van der Waals surface area contributed by atoms with E-state index in [0.29, 0.717) is 11.3 Å². The summed E-state index contributed by atoms with van der Waals surface area (Å²) in [6.45, 7) is 7.91. The third-order valence-corrected chi connectivity index (χ3v) is 5.20. The third-order valence-electron chi connectivity index (χ3n) is 3.50.